The molecular formula is C11H13NO3. The first-order valence-electron chi connectivity index (χ1n) is 4.84. The van der Waals surface area contributed by atoms with Crippen LogP contribution in [0.25, 0.3) is 0 Å². The second-order valence-corrected chi connectivity index (χ2v) is 3.68. The van der Waals surface area contributed by atoms with E-state index in [0.29, 0.717) is 6.42 Å². The quantitative estimate of drug-likeness (QED) is 0.814. The Kier molecular flexibility index (Phi) is 2.49. The highest BCUT2D eigenvalue weighted by Crippen LogP contribution is 2.35. The van der Waals surface area contributed by atoms with Gasteiger partial charge in [0.25, 0.3) is 0 Å². The summed E-state index contributed by atoms with van der Waals surface area (Å²) in [5, 5.41) is 0. The smallest absolute Gasteiger partial charge is 0.231 e. The lowest BCUT2D eigenvalue weighted by molar-refractivity contribution is -0.118. The van der Waals surface area contributed by atoms with Crippen molar-refractivity contribution in [2.75, 3.05) is 6.79 Å². The lowest BCUT2D eigenvalue weighted by Gasteiger charge is -2.09. The van der Waals surface area contributed by atoms with Crippen LogP contribution in [-0.2, 0) is 4.79 Å². The van der Waals surface area contributed by atoms with Gasteiger partial charge in [0.05, 0.1) is 0 Å². The van der Waals surface area contributed by atoms with Gasteiger partial charge in [-0.2, -0.15) is 0 Å². The van der Waals surface area contributed by atoms with Crippen molar-refractivity contribution in [3.05, 3.63) is 23.8 Å². The Morgan fingerprint density at radius 3 is 2.93 bits per heavy atom. The van der Waals surface area contributed by atoms with Gasteiger partial charge in [0.15, 0.2) is 11.5 Å². The number of primary amides is 1. The standard InChI is InChI=1S/C11H13NO3/c1-7(4-11(12)13)8-2-3-9-10(5-8)15-6-14-9/h2-3,5,7H,4,6H2,1H3,(H2,12,13). The maximum Gasteiger partial charge on any atom is 0.231 e. The Labute approximate surface area is 88.0 Å². The minimum atomic E-state index is -0.292. The van der Waals surface area contributed by atoms with Crippen molar-refractivity contribution >= 4 is 5.91 Å². The molecule has 1 amide bonds. The minimum Gasteiger partial charge on any atom is -0.454 e. The van der Waals surface area contributed by atoms with Crippen LogP contribution in [0.15, 0.2) is 18.2 Å². The molecule has 2 N–H and O–H groups in total. The molecule has 2 rings (SSSR count). The van der Waals surface area contributed by atoms with Crippen molar-refractivity contribution in [3.63, 3.8) is 0 Å². The van der Waals surface area contributed by atoms with E-state index in [1.165, 1.54) is 0 Å². The molecule has 1 aromatic rings. The molecule has 0 fully saturated rings. The Hall–Kier alpha value is -1.71. The lowest BCUT2D eigenvalue weighted by Crippen LogP contribution is -2.13. The molecule has 1 aliphatic rings. The predicted octanol–water partition coefficient (Wildman–Crippen LogP) is 1.39. The number of hydrogen-bond acceptors (Lipinski definition) is 3. The normalized spacial score (nSPS) is 15.0. The molecule has 0 aromatic heterocycles. The molecular weight excluding hydrogens is 194 g/mol. The number of hydrogen-bond donors (Lipinski definition) is 1. The average Bonchev–Trinajstić information content (AvgIpc) is 2.62. The van der Waals surface area contributed by atoms with E-state index < -0.39 is 0 Å². The zero-order valence-electron chi connectivity index (χ0n) is 8.53. The SMILES string of the molecule is CC(CC(N)=O)c1ccc2c(c1)OCO2. The largest absolute Gasteiger partial charge is 0.454 e. The van der Waals surface area contributed by atoms with E-state index in [-0.39, 0.29) is 18.6 Å². The molecule has 1 aromatic carbocycles. The second-order valence-electron chi connectivity index (χ2n) is 3.68. The van der Waals surface area contributed by atoms with Crippen LogP contribution >= 0.6 is 0 Å². The van der Waals surface area contributed by atoms with Gasteiger partial charge >= 0.3 is 0 Å². The van der Waals surface area contributed by atoms with Crippen LogP contribution in [-0.4, -0.2) is 12.7 Å². The van der Waals surface area contributed by atoms with Crippen LogP contribution in [0.5, 0.6) is 11.5 Å². The van der Waals surface area contributed by atoms with Gasteiger partial charge in [-0.15, -0.1) is 0 Å². The van der Waals surface area contributed by atoms with Crippen molar-refractivity contribution in [3.8, 4) is 11.5 Å². The Morgan fingerprint density at radius 2 is 2.20 bits per heavy atom. The molecule has 1 unspecified atom stereocenters. The maximum atomic E-state index is 10.8. The summed E-state index contributed by atoms with van der Waals surface area (Å²) in [4.78, 5) is 10.8. The first-order valence-corrected chi connectivity index (χ1v) is 4.84. The summed E-state index contributed by atoms with van der Waals surface area (Å²) in [5.74, 6) is 1.31. The molecule has 0 spiro atoms. The average molecular weight is 207 g/mol. The van der Waals surface area contributed by atoms with E-state index in [1.54, 1.807) is 0 Å². The summed E-state index contributed by atoms with van der Waals surface area (Å²) in [6, 6.07) is 5.69. The van der Waals surface area contributed by atoms with E-state index in [9.17, 15) is 4.79 Å². The summed E-state index contributed by atoms with van der Waals surface area (Å²) in [6.07, 6.45) is 0.347. The van der Waals surface area contributed by atoms with Gasteiger partial charge in [0.1, 0.15) is 0 Å². The van der Waals surface area contributed by atoms with Crippen LogP contribution in [0.2, 0.25) is 0 Å². The number of ether oxygens (including phenoxy) is 2. The number of nitrogens with two attached hydrogens (primary N) is 1. The third-order valence-corrected chi connectivity index (χ3v) is 2.47. The molecule has 4 heteroatoms. The van der Waals surface area contributed by atoms with Gasteiger partial charge in [-0.05, 0) is 23.6 Å². The summed E-state index contributed by atoms with van der Waals surface area (Å²) in [5.41, 5.74) is 6.19. The Balaban J connectivity index is 2.19. The fourth-order valence-electron chi connectivity index (χ4n) is 1.64. The lowest BCUT2D eigenvalue weighted by atomic mass is 9.97. The summed E-state index contributed by atoms with van der Waals surface area (Å²) >= 11 is 0. The first-order chi connectivity index (χ1) is 7.16. The van der Waals surface area contributed by atoms with E-state index in [1.807, 2.05) is 25.1 Å². The van der Waals surface area contributed by atoms with Crippen LogP contribution < -0.4 is 15.2 Å². The molecule has 0 saturated heterocycles. The van der Waals surface area contributed by atoms with Crippen LogP contribution in [0.1, 0.15) is 24.8 Å². The fourth-order valence-corrected chi connectivity index (χ4v) is 1.64. The number of carbonyl (C=O) groups is 1. The topological polar surface area (TPSA) is 61.6 Å². The van der Waals surface area contributed by atoms with Gasteiger partial charge in [-0.1, -0.05) is 13.0 Å². The molecule has 4 nitrogen and oxygen atoms in total. The van der Waals surface area contributed by atoms with Gasteiger partial charge in [0.2, 0.25) is 12.7 Å². The molecule has 0 radical (unpaired) electrons. The van der Waals surface area contributed by atoms with E-state index in [4.69, 9.17) is 15.2 Å². The highest BCUT2D eigenvalue weighted by atomic mass is 16.7. The third kappa shape index (κ3) is 2.03. The Morgan fingerprint density at radius 1 is 1.47 bits per heavy atom. The number of rotatable bonds is 3. The number of amides is 1. The van der Waals surface area contributed by atoms with Crippen LogP contribution in [0.4, 0.5) is 0 Å². The maximum absolute atomic E-state index is 10.8. The van der Waals surface area contributed by atoms with Crippen molar-refractivity contribution < 1.29 is 14.3 Å². The summed E-state index contributed by atoms with van der Waals surface area (Å²) < 4.78 is 10.5. The molecule has 15 heavy (non-hydrogen) atoms. The van der Waals surface area contributed by atoms with Crippen molar-refractivity contribution in [2.45, 2.75) is 19.3 Å². The monoisotopic (exact) mass is 207 g/mol. The number of fused-ring (bicyclic) bond motifs is 1. The van der Waals surface area contributed by atoms with Gasteiger partial charge in [0, 0.05) is 6.42 Å². The van der Waals surface area contributed by atoms with Gasteiger partial charge in [-0.3, -0.25) is 4.79 Å². The van der Waals surface area contributed by atoms with E-state index in [2.05, 4.69) is 0 Å². The molecule has 1 aliphatic heterocycles. The van der Waals surface area contributed by atoms with Crippen LogP contribution in [0, 0.1) is 0 Å². The van der Waals surface area contributed by atoms with Gasteiger partial charge in [-0.25, -0.2) is 0 Å². The highest BCUT2D eigenvalue weighted by molar-refractivity contribution is 5.74. The summed E-state index contributed by atoms with van der Waals surface area (Å²) in [6.45, 7) is 2.23. The van der Waals surface area contributed by atoms with Crippen molar-refractivity contribution in [2.24, 2.45) is 5.73 Å². The minimum absolute atomic E-state index is 0.108. The predicted molar refractivity (Wildman–Crippen MR) is 54.8 cm³/mol. The zero-order chi connectivity index (χ0) is 10.8. The van der Waals surface area contributed by atoms with Gasteiger partial charge < -0.3 is 15.2 Å². The third-order valence-electron chi connectivity index (χ3n) is 2.47. The number of carbonyl (C=O) groups excluding carboxylic acids is 1. The molecule has 0 saturated carbocycles. The molecule has 1 heterocycles. The highest BCUT2D eigenvalue weighted by Gasteiger charge is 2.16. The van der Waals surface area contributed by atoms with E-state index in [0.717, 1.165) is 17.1 Å². The molecule has 80 valence electrons. The zero-order valence-corrected chi connectivity index (χ0v) is 8.53. The summed E-state index contributed by atoms with van der Waals surface area (Å²) in [7, 11) is 0. The van der Waals surface area contributed by atoms with Crippen LogP contribution in [0.3, 0.4) is 0 Å². The Bertz CT molecular complexity index is 389. The van der Waals surface area contributed by atoms with Crippen molar-refractivity contribution in [1.82, 2.24) is 0 Å². The van der Waals surface area contributed by atoms with Crippen molar-refractivity contribution in [1.29, 1.82) is 0 Å². The molecule has 0 bridgehead atoms. The number of benzene rings is 1. The van der Waals surface area contributed by atoms with E-state index >= 15 is 0 Å². The molecule has 1 atom stereocenters. The second kappa shape index (κ2) is 3.81. The first kappa shape index (κ1) is 9.83. The fraction of sp³-hybridized carbons (Fsp3) is 0.364. The molecule has 0 aliphatic carbocycles.